The molecule has 9 aromatic carbocycles. The number of hydrogen-bond acceptors (Lipinski definition) is 0. The minimum Gasteiger partial charge on any atom is -0.0622 e. The zero-order chi connectivity index (χ0) is 33.8. The maximum atomic E-state index is 2.44. The summed E-state index contributed by atoms with van der Waals surface area (Å²) in [7, 11) is 0. The molecular formula is C51H34. The summed E-state index contributed by atoms with van der Waals surface area (Å²) in [5.74, 6) is 0. The summed E-state index contributed by atoms with van der Waals surface area (Å²) in [5, 5.41) is 7.91. The lowest BCUT2D eigenvalue weighted by atomic mass is 9.68. The molecule has 0 fully saturated rings. The Balaban J connectivity index is 1.18. The van der Waals surface area contributed by atoms with Crippen LogP contribution >= 0.6 is 0 Å². The van der Waals surface area contributed by atoms with Gasteiger partial charge in [0.1, 0.15) is 0 Å². The van der Waals surface area contributed by atoms with Crippen LogP contribution in [0, 0.1) is 0 Å². The van der Waals surface area contributed by atoms with Crippen LogP contribution in [0.25, 0.3) is 99.1 Å². The smallest absolute Gasteiger partial charge is 0.0159 e. The van der Waals surface area contributed by atoms with Crippen LogP contribution in [0.3, 0.4) is 0 Å². The second kappa shape index (κ2) is 10.4. The van der Waals surface area contributed by atoms with E-state index in [0.717, 1.165) is 0 Å². The third kappa shape index (κ3) is 3.91. The van der Waals surface area contributed by atoms with Gasteiger partial charge in [-0.05, 0) is 122 Å². The van der Waals surface area contributed by atoms with E-state index in [2.05, 4.69) is 184 Å². The van der Waals surface area contributed by atoms with Crippen molar-refractivity contribution in [3.63, 3.8) is 0 Å². The second-order valence-electron chi connectivity index (χ2n) is 14.8. The predicted octanol–water partition coefficient (Wildman–Crippen LogP) is 14.1. The van der Waals surface area contributed by atoms with E-state index in [4.69, 9.17) is 0 Å². The summed E-state index contributed by atoms with van der Waals surface area (Å²) in [6.07, 6.45) is 0. The summed E-state index contributed by atoms with van der Waals surface area (Å²) in [6.45, 7) is 4.75. The lowest BCUT2D eigenvalue weighted by Crippen LogP contribution is -2.23. The fraction of sp³-hybridized carbons (Fsp3) is 0.0588. The molecule has 0 N–H and O–H groups in total. The molecule has 0 aliphatic heterocycles. The Hall–Kier alpha value is -6.24. The largest absolute Gasteiger partial charge is 0.0622 e. The molecule has 51 heavy (non-hydrogen) atoms. The van der Waals surface area contributed by atoms with Crippen LogP contribution in [0.4, 0.5) is 0 Å². The summed E-state index contributed by atoms with van der Waals surface area (Å²) in [4.78, 5) is 0. The normalized spacial score (nSPS) is 13.5. The van der Waals surface area contributed by atoms with Gasteiger partial charge >= 0.3 is 0 Å². The van der Waals surface area contributed by atoms with Gasteiger partial charge in [-0.3, -0.25) is 0 Å². The first-order valence-corrected chi connectivity index (χ1v) is 18.0. The molecule has 0 atom stereocenters. The van der Waals surface area contributed by atoms with Crippen LogP contribution < -0.4 is 0 Å². The SMILES string of the molecule is CC1(C)c2ccc(-c3cccc(-c4c5c(c(-c6ccccc6)c6ccccc46)-c4cccc6cccc-5c46)c3)cc2-c2cccc3cccc1c23. The molecule has 0 heterocycles. The maximum Gasteiger partial charge on any atom is 0.0159 e. The van der Waals surface area contributed by atoms with Crippen molar-refractivity contribution >= 4 is 32.3 Å². The Morgan fingerprint density at radius 2 is 0.843 bits per heavy atom. The van der Waals surface area contributed by atoms with Gasteiger partial charge in [0, 0.05) is 5.41 Å². The topological polar surface area (TPSA) is 0 Å². The predicted molar refractivity (Wildman–Crippen MR) is 217 cm³/mol. The van der Waals surface area contributed by atoms with Gasteiger partial charge in [-0.1, -0.05) is 172 Å². The monoisotopic (exact) mass is 646 g/mol. The summed E-state index contributed by atoms with van der Waals surface area (Å²) < 4.78 is 0. The van der Waals surface area contributed by atoms with Crippen molar-refractivity contribution in [1.82, 2.24) is 0 Å². The van der Waals surface area contributed by atoms with Crippen molar-refractivity contribution in [1.29, 1.82) is 0 Å². The van der Waals surface area contributed by atoms with Gasteiger partial charge in [0.25, 0.3) is 0 Å². The molecule has 0 saturated carbocycles. The first-order valence-electron chi connectivity index (χ1n) is 18.0. The molecule has 0 saturated heterocycles. The van der Waals surface area contributed by atoms with Crippen molar-refractivity contribution in [2.75, 3.05) is 0 Å². The molecule has 0 unspecified atom stereocenters. The number of fused-ring (bicyclic) bond motifs is 6. The van der Waals surface area contributed by atoms with Crippen LogP contribution in [0.2, 0.25) is 0 Å². The molecule has 0 amide bonds. The molecule has 2 aliphatic carbocycles. The van der Waals surface area contributed by atoms with Gasteiger partial charge in [-0.25, -0.2) is 0 Å². The van der Waals surface area contributed by atoms with E-state index in [1.165, 1.54) is 110 Å². The van der Waals surface area contributed by atoms with Crippen molar-refractivity contribution in [2.24, 2.45) is 0 Å². The van der Waals surface area contributed by atoms with Gasteiger partial charge in [0.2, 0.25) is 0 Å². The molecule has 9 aromatic rings. The van der Waals surface area contributed by atoms with E-state index in [0.29, 0.717) is 0 Å². The second-order valence-corrected chi connectivity index (χ2v) is 14.8. The van der Waals surface area contributed by atoms with E-state index in [-0.39, 0.29) is 5.41 Å². The average Bonchev–Trinajstić information content (AvgIpc) is 3.51. The molecule has 0 heteroatoms. The molecule has 238 valence electrons. The van der Waals surface area contributed by atoms with E-state index in [1.54, 1.807) is 0 Å². The minimum atomic E-state index is -0.0838. The van der Waals surface area contributed by atoms with Crippen molar-refractivity contribution in [3.8, 4) is 66.8 Å². The van der Waals surface area contributed by atoms with Crippen LogP contribution in [-0.2, 0) is 5.41 Å². The lowest BCUT2D eigenvalue weighted by molar-refractivity contribution is 0.645. The van der Waals surface area contributed by atoms with Crippen molar-refractivity contribution < 1.29 is 0 Å². The average molecular weight is 647 g/mol. The van der Waals surface area contributed by atoms with E-state index in [1.807, 2.05) is 0 Å². The van der Waals surface area contributed by atoms with E-state index in [9.17, 15) is 0 Å². The summed E-state index contributed by atoms with van der Waals surface area (Å²) in [6, 6.07) is 63.6. The maximum absolute atomic E-state index is 2.44. The molecular weight excluding hydrogens is 613 g/mol. The highest BCUT2D eigenvalue weighted by Gasteiger charge is 2.34. The highest BCUT2D eigenvalue weighted by molar-refractivity contribution is 6.27. The standard InChI is InChI=1S/C51H34/c1-51(2)43-28-27-35(30-42(43)39-23-9-17-32-18-12-26-44(51)46(32)39)34-19-8-20-36(29-34)48-38-22-7-6-21-37(38)47(33-13-4-3-5-14-33)49-40-24-10-15-31-16-11-25-41(45(31)40)50(48)49/h3-30H,1-2H3. The Kier molecular flexibility index (Phi) is 5.82. The van der Waals surface area contributed by atoms with Crippen molar-refractivity contribution in [3.05, 3.63) is 181 Å². The van der Waals surface area contributed by atoms with Crippen LogP contribution in [0.15, 0.2) is 170 Å². The minimum absolute atomic E-state index is 0.0838. The van der Waals surface area contributed by atoms with Crippen LogP contribution in [0.1, 0.15) is 25.0 Å². The third-order valence-electron chi connectivity index (χ3n) is 11.8. The van der Waals surface area contributed by atoms with Gasteiger partial charge in [-0.15, -0.1) is 0 Å². The molecule has 0 nitrogen and oxygen atoms in total. The first-order chi connectivity index (χ1) is 25.1. The highest BCUT2D eigenvalue weighted by Crippen LogP contribution is 2.58. The Morgan fingerprint density at radius 3 is 1.55 bits per heavy atom. The quantitative estimate of drug-likeness (QED) is 0.179. The fourth-order valence-corrected chi connectivity index (χ4v) is 9.52. The van der Waals surface area contributed by atoms with Crippen molar-refractivity contribution in [2.45, 2.75) is 19.3 Å². The lowest BCUT2D eigenvalue weighted by Gasteiger charge is -2.35. The van der Waals surface area contributed by atoms with E-state index < -0.39 is 0 Å². The molecule has 0 aromatic heterocycles. The Morgan fingerprint density at radius 1 is 0.314 bits per heavy atom. The molecule has 0 radical (unpaired) electrons. The zero-order valence-corrected chi connectivity index (χ0v) is 28.7. The van der Waals surface area contributed by atoms with Crippen LogP contribution in [-0.4, -0.2) is 0 Å². The molecule has 0 spiro atoms. The Bertz CT molecular complexity index is 2910. The summed E-state index contributed by atoms with van der Waals surface area (Å²) in [5.41, 5.74) is 18.3. The van der Waals surface area contributed by atoms with E-state index >= 15 is 0 Å². The number of rotatable bonds is 3. The molecule has 0 bridgehead atoms. The first kappa shape index (κ1) is 28.6. The van der Waals surface area contributed by atoms with Crippen LogP contribution in [0.5, 0.6) is 0 Å². The molecule has 2 aliphatic rings. The van der Waals surface area contributed by atoms with Gasteiger partial charge in [-0.2, -0.15) is 0 Å². The third-order valence-corrected chi connectivity index (χ3v) is 11.8. The molecule has 11 rings (SSSR count). The zero-order valence-electron chi connectivity index (χ0n) is 28.7. The van der Waals surface area contributed by atoms with Gasteiger partial charge < -0.3 is 0 Å². The summed E-state index contributed by atoms with van der Waals surface area (Å²) >= 11 is 0. The number of benzene rings is 9. The van der Waals surface area contributed by atoms with Gasteiger partial charge in [0.15, 0.2) is 0 Å². The van der Waals surface area contributed by atoms with Gasteiger partial charge in [0.05, 0.1) is 0 Å². The Labute approximate surface area is 298 Å². The fourth-order valence-electron chi connectivity index (χ4n) is 9.52. The highest BCUT2D eigenvalue weighted by atomic mass is 14.4. The number of hydrogen-bond donors (Lipinski definition) is 0.